The minimum absolute atomic E-state index is 0.00162. The van der Waals surface area contributed by atoms with Gasteiger partial charge in [-0.05, 0) is 44.0 Å². The molecule has 0 aliphatic carbocycles. The second-order valence-electron chi connectivity index (χ2n) is 7.23. The van der Waals surface area contributed by atoms with E-state index in [2.05, 4.69) is 15.0 Å². The number of benzene rings is 1. The highest BCUT2D eigenvalue weighted by molar-refractivity contribution is 6.09. The van der Waals surface area contributed by atoms with Gasteiger partial charge in [-0.1, -0.05) is 17.7 Å². The van der Waals surface area contributed by atoms with Crippen molar-refractivity contribution in [2.24, 2.45) is 0 Å². The van der Waals surface area contributed by atoms with Crippen LogP contribution in [0.1, 0.15) is 34.5 Å². The van der Waals surface area contributed by atoms with Gasteiger partial charge in [-0.25, -0.2) is 9.67 Å². The number of anilines is 2. The molecule has 2 aliphatic rings. The fourth-order valence-electron chi connectivity index (χ4n) is 3.78. The highest BCUT2D eigenvalue weighted by Gasteiger charge is 2.32. The van der Waals surface area contributed by atoms with Gasteiger partial charge in [0.15, 0.2) is 0 Å². The lowest BCUT2D eigenvalue weighted by atomic mass is 10.2. The van der Waals surface area contributed by atoms with Crippen LogP contribution in [0.3, 0.4) is 0 Å². The van der Waals surface area contributed by atoms with E-state index in [1.165, 1.54) is 18.4 Å². The highest BCUT2D eigenvalue weighted by Crippen LogP contribution is 2.28. The second kappa shape index (κ2) is 6.23. The lowest BCUT2D eigenvalue weighted by Crippen LogP contribution is -2.23. The van der Waals surface area contributed by atoms with Crippen LogP contribution in [0.4, 0.5) is 11.5 Å². The monoisotopic (exact) mass is 359 g/mol. The van der Waals surface area contributed by atoms with Gasteiger partial charge < -0.3 is 9.80 Å². The van der Waals surface area contributed by atoms with Gasteiger partial charge in [-0.15, -0.1) is 0 Å². The number of rotatable bonds is 3. The van der Waals surface area contributed by atoms with Crippen LogP contribution in [0.25, 0.3) is 5.69 Å². The van der Waals surface area contributed by atoms with Gasteiger partial charge in [0.25, 0.3) is 5.91 Å². The molecule has 5 rings (SSSR count). The number of aromatic nitrogens is 3. The van der Waals surface area contributed by atoms with E-state index < -0.39 is 0 Å². The van der Waals surface area contributed by atoms with E-state index in [-0.39, 0.29) is 5.91 Å². The largest absolute Gasteiger partial charge is 0.357 e. The summed E-state index contributed by atoms with van der Waals surface area (Å²) >= 11 is 0. The summed E-state index contributed by atoms with van der Waals surface area (Å²) in [6.07, 6.45) is 6.11. The lowest BCUT2D eigenvalue weighted by molar-refractivity contribution is 0.0996. The maximum absolute atomic E-state index is 12.8. The van der Waals surface area contributed by atoms with Crippen LogP contribution in [-0.4, -0.2) is 33.8 Å². The molecule has 136 valence electrons. The van der Waals surface area contributed by atoms with Gasteiger partial charge in [-0.2, -0.15) is 5.10 Å². The molecule has 6 heteroatoms. The van der Waals surface area contributed by atoms with Gasteiger partial charge in [-0.3, -0.25) is 4.79 Å². The number of amides is 1. The molecule has 2 aromatic heterocycles. The Morgan fingerprint density at radius 1 is 0.963 bits per heavy atom. The van der Waals surface area contributed by atoms with Crippen molar-refractivity contribution in [1.82, 2.24) is 14.8 Å². The summed E-state index contributed by atoms with van der Waals surface area (Å²) in [5.41, 5.74) is 4.44. The Morgan fingerprint density at radius 2 is 1.70 bits per heavy atom. The Bertz CT molecular complexity index is 984. The van der Waals surface area contributed by atoms with E-state index in [0.717, 1.165) is 36.0 Å². The van der Waals surface area contributed by atoms with E-state index in [1.54, 1.807) is 9.58 Å². The molecule has 1 amide bonds. The third-order valence-electron chi connectivity index (χ3n) is 5.35. The van der Waals surface area contributed by atoms with Gasteiger partial charge in [0.1, 0.15) is 5.82 Å². The molecule has 6 nitrogen and oxygen atoms in total. The Balaban J connectivity index is 1.38. The Labute approximate surface area is 158 Å². The summed E-state index contributed by atoms with van der Waals surface area (Å²) in [6, 6.07) is 12.1. The van der Waals surface area contributed by atoms with Crippen LogP contribution in [0, 0.1) is 6.92 Å². The molecular formula is C21H21N5O. The molecule has 27 heavy (non-hydrogen) atoms. The van der Waals surface area contributed by atoms with Crippen LogP contribution < -0.4 is 9.80 Å². The molecule has 0 radical (unpaired) electrons. The standard InChI is InChI=1S/C21H21N5O/c1-15-4-6-16(7-5-15)25-14-19-18(21(25)27)13-26(23-19)17-8-9-20(22-12-17)24-10-2-3-11-24/h4-9,12-13H,2-3,10-11,14H2,1H3. The molecule has 1 fully saturated rings. The van der Waals surface area contributed by atoms with Crippen molar-refractivity contribution in [3.8, 4) is 5.69 Å². The molecule has 3 aromatic rings. The maximum Gasteiger partial charge on any atom is 0.262 e. The Kier molecular flexibility index (Phi) is 3.70. The molecule has 0 bridgehead atoms. The van der Waals surface area contributed by atoms with Gasteiger partial charge in [0, 0.05) is 25.0 Å². The first kappa shape index (κ1) is 16.1. The van der Waals surface area contributed by atoms with Crippen molar-refractivity contribution in [2.45, 2.75) is 26.3 Å². The summed E-state index contributed by atoms with van der Waals surface area (Å²) in [6.45, 7) is 4.69. The quantitative estimate of drug-likeness (QED) is 0.720. The summed E-state index contributed by atoms with van der Waals surface area (Å²) < 4.78 is 1.76. The average molecular weight is 359 g/mol. The maximum atomic E-state index is 12.8. The van der Waals surface area contributed by atoms with Crippen LogP contribution >= 0.6 is 0 Å². The zero-order valence-corrected chi connectivity index (χ0v) is 15.3. The van der Waals surface area contributed by atoms with Crippen molar-refractivity contribution in [1.29, 1.82) is 0 Å². The van der Waals surface area contributed by atoms with E-state index in [1.807, 2.05) is 55.7 Å². The molecule has 2 aliphatic heterocycles. The summed E-state index contributed by atoms with van der Waals surface area (Å²) in [7, 11) is 0. The zero-order valence-electron chi connectivity index (χ0n) is 15.3. The van der Waals surface area contributed by atoms with Crippen LogP contribution in [0.2, 0.25) is 0 Å². The third-order valence-corrected chi connectivity index (χ3v) is 5.35. The minimum atomic E-state index is 0.00162. The molecule has 1 aromatic carbocycles. The lowest BCUT2D eigenvalue weighted by Gasteiger charge is -2.17. The molecule has 0 atom stereocenters. The SMILES string of the molecule is Cc1ccc(N2Cc3nn(-c4ccc(N5CCCC5)nc4)cc3C2=O)cc1. The first-order valence-corrected chi connectivity index (χ1v) is 9.37. The fraction of sp³-hybridized carbons (Fsp3) is 0.286. The molecule has 1 saturated heterocycles. The predicted molar refractivity (Wildman–Crippen MR) is 104 cm³/mol. The number of aryl methyl sites for hydroxylation is 1. The number of carbonyl (C=O) groups excluding carboxylic acids is 1. The fourth-order valence-corrected chi connectivity index (χ4v) is 3.78. The van der Waals surface area contributed by atoms with Crippen molar-refractivity contribution in [3.05, 3.63) is 65.6 Å². The number of carbonyl (C=O) groups is 1. The predicted octanol–water partition coefficient (Wildman–Crippen LogP) is 3.34. The number of fused-ring (bicyclic) bond motifs is 1. The second-order valence-corrected chi connectivity index (χ2v) is 7.23. The topological polar surface area (TPSA) is 54.3 Å². The first-order valence-electron chi connectivity index (χ1n) is 9.37. The molecule has 0 N–H and O–H groups in total. The number of pyridine rings is 1. The van der Waals surface area contributed by atoms with Gasteiger partial charge >= 0.3 is 0 Å². The first-order chi connectivity index (χ1) is 13.2. The van der Waals surface area contributed by atoms with E-state index >= 15 is 0 Å². The number of hydrogen-bond acceptors (Lipinski definition) is 4. The van der Waals surface area contributed by atoms with Crippen molar-refractivity contribution in [3.63, 3.8) is 0 Å². The van der Waals surface area contributed by atoms with Crippen LogP contribution in [0.15, 0.2) is 48.8 Å². The highest BCUT2D eigenvalue weighted by atomic mass is 16.2. The third kappa shape index (κ3) is 2.77. The summed E-state index contributed by atoms with van der Waals surface area (Å²) in [5.74, 6) is 1.01. The zero-order chi connectivity index (χ0) is 18.4. The Hall–Kier alpha value is -3.15. The normalized spacial score (nSPS) is 16.3. The van der Waals surface area contributed by atoms with Gasteiger partial charge in [0.05, 0.1) is 29.7 Å². The number of hydrogen-bond donors (Lipinski definition) is 0. The van der Waals surface area contributed by atoms with Gasteiger partial charge in [0.2, 0.25) is 0 Å². The van der Waals surface area contributed by atoms with Crippen molar-refractivity contribution >= 4 is 17.4 Å². The van der Waals surface area contributed by atoms with Crippen LogP contribution in [0.5, 0.6) is 0 Å². The van der Waals surface area contributed by atoms with E-state index in [9.17, 15) is 4.79 Å². The van der Waals surface area contributed by atoms with Crippen LogP contribution in [-0.2, 0) is 6.54 Å². The van der Waals surface area contributed by atoms with Crippen molar-refractivity contribution < 1.29 is 4.79 Å². The van der Waals surface area contributed by atoms with Crippen molar-refractivity contribution in [2.75, 3.05) is 22.9 Å². The number of nitrogens with zero attached hydrogens (tertiary/aromatic N) is 5. The smallest absolute Gasteiger partial charge is 0.262 e. The molecule has 0 unspecified atom stereocenters. The molecule has 4 heterocycles. The minimum Gasteiger partial charge on any atom is -0.357 e. The average Bonchev–Trinajstić information content (AvgIpc) is 3.41. The molecule has 0 spiro atoms. The Morgan fingerprint density at radius 3 is 2.37 bits per heavy atom. The summed E-state index contributed by atoms with van der Waals surface area (Å²) in [4.78, 5) is 21.5. The summed E-state index contributed by atoms with van der Waals surface area (Å²) in [5, 5.41) is 4.63. The molecule has 0 saturated carbocycles. The molecular weight excluding hydrogens is 338 g/mol. The van der Waals surface area contributed by atoms with E-state index in [4.69, 9.17) is 0 Å². The van der Waals surface area contributed by atoms with E-state index in [0.29, 0.717) is 12.1 Å².